The standard InChI is InChI=1S/C15H16Cl2FN3/c1-3-19-14-10(16)9-11(17)15(20-14)21(4-2)13-8-6-5-7-12(13)18/h5-9H,3-4H2,1-2H3,(H,19,20). The van der Waals surface area contributed by atoms with Gasteiger partial charge in [-0.15, -0.1) is 0 Å². The molecule has 1 aromatic heterocycles. The van der Waals surface area contributed by atoms with Crippen LogP contribution in [0.2, 0.25) is 10.0 Å². The third-order valence-electron chi connectivity index (χ3n) is 2.97. The Balaban J connectivity index is 2.52. The van der Waals surface area contributed by atoms with Crippen LogP contribution in [0.15, 0.2) is 30.3 Å². The smallest absolute Gasteiger partial charge is 0.154 e. The third-order valence-corrected chi connectivity index (χ3v) is 3.54. The second-order valence-electron chi connectivity index (χ2n) is 4.35. The fourth-order valence-corrected chi connectivity index (χ4v) is 2.57. The van der Waals surface area contributed by atoms with E-state index in [2.05, 4.69) is 10.3 Å². The van der Waals surface area contributed by atoms with Crippen LogP contribution < -0.4 is 10.2 Å². The minimum absolute atomic E-state index is 0.322. The van der Waals surface area contributed by atoms with Gasteiger partial charge in [0, 0.05) is 13.1 Å². The monoisotopic (exact) mass is 327 g/mol. The molecule has 3 nitrogen and oxygen atoms in total. The van der Waals surface area contributed by atoms with E-state index >= 15 is 0 Å². The van der Waals surface area contributed by atoms with Gasteiger partial charge in [-0.1, -0.05) is 35.3 Å². The Bertz CT molecular complexity index is 634. The molecule has 0 unspecified atom stereocenters. The molecule has 1 heterocycles. The van der Waals surface area contributed by atoms with Crippen molar-refractivity contribution in [2.45, 2.75) is 13.8 Å². The minimum atomic E-state index is -0.322. The zero-order valence-electron chi connectivity index (χ0n) is 11.8. The highest BCUT2D eigenvalue weighted by Crippen LogP contribution is 2.35. The Morgan fingerprint density at radius 3 is 2.52 bits per heavy atom. The highest BCUT2D eigenvalue weighted by Gasteiger charge is 2.18. The van der Waals surface area contributed by atoms with Crippen LogP contribution in [-0.4, -0.2) is 18.1 Å². The van der Waals surface area contributed by atoms with E-state index in [1.54, 1.807) is 29.2 Å². The molecule has 1 aromatic carbocycles. The van der Waals surface area contributed by atoms with Crippen LogP contribution >= 0.6 is 23.2 Å². The van der Waals surface area contributed by atoms with Crippen molar-refractivity contribution in [3.8, 4) is 0 Å². The Hall–Kier alpha value is -1.52. The van der Waals surface area contributed by atoms with E-state index in [1.807, 2.05) is 13.8 Å². The first-order chi connectivity index (χ1) is 10.1. The number of pyridine rings is 1. The number of nitrogens with zero attached hydrogens (tertiary/aromatic N) is 2. The molecular formula is C15H16Cl2FN3. The molecule has 0 aliphatic rings. The summed E-state index contributed by atoms with van der Waals surface area (Å²) in [5.74, 6) is 0.690. The lowest BCUT2D eigenvalue weighted by Gasteiger charge is -2.24. The quantitative estimate of drug-likeness (QED) is 0.826. The maximum atomic E-state index is 14.0. The van der Waals surface area contributed by atoms with E-state index < -0.39 is 0 Å². The Morgan fingerprint density at radius 1 is 1.19 bits per heavy atom. The van der Waals surface area contributed by atoms with Gasteiger partial charge in [-0.25, -0.2) is 9.37 Å². The van der Waals surface area contributed by atoms with Crippen molar-refractivity contribution in [1.82, 2.24) is 4.98 Å². The van der Waals surface area contributed by atoms with E-state index in [1.165, 1.54) is 6.07 Å². The first kappa shape index (κ1) is 15.9. The summed E-state index contributed by atoms with van der Waals surface area (Å²) >= 11 is 12.3. The predicted octanol–water partition coefficient (Wildman–Crippen LogP) is 5.12. The molecule has 0 fully saturated rings. The van der Waals surface area contributed by atoms with Crippen LogP contribution in [0, 0.1) is 5.82 Å². The maximum absolute atomic E-state index is 14.0. The first-order valence-electron chi connectivity index (χ1n) is 6.70. The molecule has 2 aromatic rings. The number of hydrogen-bond donors (Lipinski definition) is 1. The van der Waals surface area contributed by atoms with Crippen LogP contribution in [0.25, 0.3) is 0 Å². The Kier molecular flexibility index (Phi) is 5.26. The Morgan fingerprint density at radius 2 is 1.90 bits per heavy atom. The van der Waals surface area contributed by atoms with Crippen molar-refractivity contribution >= 4 is 40.5 Å². The summed E-state index contributed by atoms with van der Waals surface area (Å²) in [7, 11) is 0. The highest BCUT2D eigenvalue weighted by atomic mass is 35.5. The topological polar surface area (TPSA) is 28.2 Å². The molecular weight excluding hydrogens is 312 g/mol. The lowest BCUT2D eigenvalue weighted by molar-refractivity contribution is 0.625. The average molecular weight is 328 g/mol. The largest absolute Gasteiger partial charge is 0.369 e. The van der Waals surface area contributed by atoms with Crippen LogP contribution in [-0.2, 0) is 0 Å². The third kappa shape index (κ3) is 3.39. The number of nitrogens with one attached hydrogen (secondary N) is 1. The van der Waals surface area contributed by atoms with Crippen molar-refractivity contribution < 1.29 is 4.39 Å². The molecule has 0 aliphatic carbocycles. The molecule has 2 rings (SSSR count). The van der Waals surface area contributed by atoms with Crippen LogP contribution in [0.5, 0.6) is 0 Å². The summed E-state index contributed by atoms with van der Waals surface area (Å²) < 4.78 is 14.0. The molecule has 0 spiro atoms. The predicted molar refractivity (Wildman–Crippen MR) is 87.5 cm³/mol. The molecule has 6 heteroatoms. The fraction of sp³-hybridized carbons (Fsp3) is 0.267. The van der Waals surface area contributed by atoms with Gasteiger partial charge in [-0.3, -0.25) is 0 Å². The van der Waals surface area contributed by atoms with Gasteiger partial charge in [0.15, 0.2) is 5.82 Å². The molecule has 0 radical (unpaired) electrons. The number of rotatable bonds is 5. The van der Waals surface area contributed by atoms with Crippen LogP contribution in [0.1, 0.15) is 13.8 Å². The second-order valence-corrected chi connectivity index (χ2v) is 5.16. The van der Waals surface area contributed by atoms with E-state index in [9.17, 15) is 4.39 Å². The van der Waals surface area contributed by atoms with E-state index in [-0.39, 0.29) is 5.82 Å². The van der Waals surface area contributed by atoms with Crippen molar-refractivity contribution in [3.05, 3.63) is 46.2 Å². The minimum Gasteiger partial charge on any atom is -0.369 e. The molecule has 0 aliphatic heterocycles. The number of aromatic nitrogens is 1. The van der Waals surface area contributed by atoms with Gasteiger partial charge in [0.05, 0.1) is 15.7 Å². The molecule has 1 N–H and O–H groups in total. The van der Waals surface area contributed by atoms with Gasteiger partial charge in [-0.2, -0.15) is 0 Å². The zero-order valence-corrected chi connectivity index (χ0v) is 13.3. The van der Waals surface area contributed by atoms with Crippen LogP contribution in [0.4, 0.5) is 21.7 Å². The molecule has 0 atom stereocenters. The fourth-order valence-electron chi connectivity index (χ4n) is 2.04. The van der Waals surface area contributed by atoms with Gasteiger partial charge in [0.1, 0.15) is 11.6 Å². The number of benzene rings is 1. The molecule has 0 saturated heterocycles. The van der Waals surface area contributed by atoms with Crippen molar-refractivity contribution in [2.24, 2.45) is 0 Å². The maximum Gasteiger partial charge on any atom is 0.154 e. The van der Waals surface area contributed by atoms with Gasteiger partial charge in [-0.05, 0) is 32.0 Å². The van der Waals surface area contributed by atoms with E-state index in [4.69, 9.17) is 23.2 Å². The lowest BCUT2D eigenvalue weighted by Crippen LogP contribution is -2.19. The van der Waals surface area contributed by atoms with Crippen molar-refractivity contribution in [1.29, 1.82) is 0 Å². The summed E-state index contributed by atoms with van der Waals surface area (Å²) in [6.45, 7) is 5.06. The molecule has 0 bridgehead atoms. The zero-order chi connectivity index (χ0) is 15.4. The van der Waals surface area contributed by atoms with Gasteiger partial charge >= 0.3 is 0 Å². The Labute approximate surface area is 133 Å². The van der Waals surface area contributed by atoms with E-state index in [0.29, 0.717) is 40.5 Å². The number of hydrogen-bond acceptors (Lipinski definition) is 3. The number of para-hydroxylation sites is 1. The lowest BCUT2D eigenvalue weighted by atomic mass is 10.2. The van der Waals surface area contributed by atoms with Gasteiger partial charge in [0.2, 0.25) is 0 Å². The first-order valence-corrected chi connectivity index (χ1v) is 7.46. The van der Waals surface area contributed by atoms with E-state index in [0.717, 1.165) is 0 Å². The second kappa shape index (κ2) is 6.96. The number of anilines is 3. The molecule has 21 heavy (non-hydrogen) atoms. The van der Waals surface area contributed by atoms with Crippen molar-refractivity contribution in [3.63, 3.8) is 0 Å². The summed E-state index contributed by atoms with van der Waals surface area (Å²) in [5.41, 5.74) is 0.430. The highest BCUT2D eigenvalue weighted by molar-refractivity contribution is 6.37. The average Bonchev–Trinajstić information content (AvgIpc) is 2.46. The summed E-state index contributed by atoms with van der Waals surface area (Å²) in [6, 6.07) is 8.14. The normalized spacial score (nSPS) is 10.5. The van der Waals surface area contributed by atoms with Crippen LogP contribution in [0.3, 0.4) is 0 Å². The summed E-state index contributed by atoms with van der Waals surface area (Å²) in [4.78, 5) is 6.15. The molecule has 112 valence electrons. The SMILES string of the molecule is CCNc1nc(N(CC)c2ccccc2F)c(Cl)cc1Cl. The molecule has 0 saturated carbocycles. The van der Waals surface area contributed by atoms with Gasteiger partial charge in [0.25, 0.3) is 0 Å². The van der Waals surface area contributed by atoms with Crippen molar-refractivity contribution in [2.75, 3.05) is 23.3 Å². The number of halogens is 3. The summed E-state index contributed by atoms with van der Waals surface area (Å²) in [5, 5.41) is 3.89. The van der Waals surface area contributed by atoms with Gasteiger partial charge < -0.3 is 10.2 Å². The summed E-state index contributed by atoms with van der Waals surface area (Å²) in [6.07, 6.45) is 0. The molecule has 0 amide bonds.